The first-order valence-electron chi connectivity index (χ1n) is 9.32. The topological polar surface area (TPSA) is 76.1 Å². The van der Waals surface area contributed by atoms with Gasteiger partial charge in [0.25, 0.3) is 0 Å². The number of hydrogen-bond acceptors (Lipinski definition) is 7. The highest BCUT2D eigenvalue weighted by molar-refractivity contribution is 8.01. The Balaban J connectivity index is 1.29. The largest absolute Gasteiger partial charge is 0.497 e. The average molecular weight is 437 g/mol. The van der Waals surface area contributed by atoms with Crippen LogP contribution in [0.3, 0.4) is 0 Å². The predicted octanol–water partition coefficient (Wildman–Crippen LogP) is 5.04. The maximum absolute atomic E-state index is 12.4. The number of hydrogen-bond donors (Lipinski definition) is 2. The molecule has 0 atom stereocenters. The molecule has 30 heavy (non-hydrogen) atoms. The maximum atomic E-state index is 12.4. The normalized spacial score (nSPS) is 10.7. The fraction of sp³-hybridized carbons (Fsp3) is 0.136. The summed E-state index contributed by atoms with van der Waals surface area (Å²) in [5.41, 5.74) is 1.94. The van der Waals surface area contributed by atoms with E-state index in [1.807, 2.05) is 66.7 Å². The van der Waals surface area contributed by atoms with Crippen molar-refractivity contribution in [3.8, 4) is 5.75 Å². The predicted molar refractivity (Wildman–Crippen MR) is 124 cm³/mol. The Morgan fingerprint density at radius 2 is 1.83 bits per heavy atom. The molecule has 2 N–H and O–H groups in total. The molecule has 1 amide bonds. The molecule has 0 aliphatic heterocycles. The van der Waals surface area contributed by atoms with Crippen LogP contribution in [0.5, 0.6) is 5.75 Å². The lowest BCUT2D eigenvalue weighted by Gasteiger charge is -2.08. The van der Waals surface area contributed by atoms with Crippen LogP contribution in [0.25, 0.3) is 10.8 Å². The molecule has 1 heterocycles. The number of methoxy groups -OCH3 is 1. The second-order valence-electron chi connectivity index (χ2n) is 6.44. The lowest BCUT2D eigenvalue weighted by atomic mass is 10.1. The summed E-state index contributed by atoms with van der Waals surface area (Å²) in [6, 6.07) is 21.7. The number of benzene rings is 3. The van der Waals surface area contributed by atoms with Gasteiger partial charge in [0.15, 0.2) is 4.34 Å². The van der Waals surface area contributed by atoms with Crippen LogP contribution < -0.4 is 15.4 Å². The van der Waals surface area contributed by atoms with Crippen LogP contribution in [-0.2, 0) is 11.3 Å². The van der Waals surface area contributed by atoms with E-state index >= 15 is 0 Å². The standard InChI is InChI=1S/C22H20N4O2S2/c1-28-17-11-9-15(10-12-17)13-23-21-25-26-22(30-21)29-14-20(27)24-19-8-4-6-16-5-2-3-7-18(16)19/h2-12H,13-14H2,1H3,(H,23,25)(H,24,27). The quantitative estimate of drug-likeness (QED) is 0.377. The van der Waals surface area contributed by atoms with Crippen LogP contribution in [0.15, 0.2) is 71.1 Å². The third-order valence-electron chi connectivity index (χ3n) is 4.40. The molecule has 4 rings (SSSR count). The molecule has 8 heteroatoms. The summed E-state index contributed by atoms with van der Waals surface area (Å²) < 4.78 is 5.91. The minimum atomic E-state index is -0.0701. The van der Waals surface area contributed by atoms with E-state index in [4.69, 9.17) is 4.74 Å². The SMILES string of the molecule is COc1ccc(CNc2nnc(SCC(=O)Nc3cccc4ccccc34)s2)cc1. The smallest absolute Gasteiger partial charge is 0.234 e. The lowest BCUT2D eigenvalue weighted by molar-refractivity contribution is -0.113. The number of carbonyl (C=O) groups excluding carboxylic acids is 1. The van der Waals surface area contributed by atoms with Crippen LogP contribution in [-0.4, -0.2) is 29.0 Å². The van der Waals surface area contributed by atoms with Gasteiger partial charge in [-0.3, -0.25) is 4.79 Å². The van der Waals surface area contributed by atoms with Gasteiger partial charge in [-0.15, -0.1) is 10.2 Å². The van der Waals surface area contributed by atoms with E-state index in [0.717, 1.165) is 37.2 Å². The maximum Gasteiger partial charge on any atom is 0.234 e. The van der Waals surface area contributed by atoms with Gasteiger partial charge in [-0.05, 0) is 29.1 Å². The lowest BCUT2D eigenvalue weighted by Crippen LogP contribution is -2.14. The van der Waals surface area contributed by atoms with E-state index < -0.39 is 0 Å². The first-order chi connectivity index (χ1) is 14.7. The Labute approximate surface area is 182 Å². The number of rotatable bonds is 8. The van der Waals surface area contributed by atoms with Gasteiger partial charge in [0.1, 0.15) is 5.75 Å². The van der Waals surface area contributed by atoms with Gasteiger partial charge >= 0.3 is 0 Å². The number of nitrogens with zero attached hydrogens (tertiary/aromatic N) is 2. The third kappa shape index (κ3) is 5.08. The molecule has 0 bridgehead atoms. The molecule has 0 saturated heterocycles. The molecule has 0 spiro atoms. The fourth-order valence-electron chi connectivity index (χ4n) is 2.91. The third-order valence-corrected chi connectivity index (χ3v) is 6.41. The van der Waals surface area contributed by atoms with E-state index in [1.165, 1.54) is 23.1 Å². The number of nitrogens with one attached hydrogen (secondary N) is 2. The molecular weight excluding hydrogens is 416 g/mol. The molecule has 3 aromatic carbocycles. The summed E-state index contributed by atoms with van der Waals surface area (Å²) in [6.07, 6.45) is 0. The highest BCUT2D eigenvalue weighted by Gasteiger charge is 2.10. The zero-order chi connectivity index (χ0) is 20.8. The van der Waals surface area contributed by atoms with Gasteiger partial charge in [-0.2, -0.15) is 0 Å². The zero-order valence-electron chi connectivity index (χ0n) is 16.3. The van der Waals surface area contributed by atoms with Crippen LogP contribution >= 0.6 is 23.1 Å². The Morgan fingerprint density at radius 1 is 1.03 bits per heavy atom. The molecule has 0 fully saturated rings. The first kappa shape index (κ1) is 20.2. The summed E-state index contributed by atoms with van der Waals surface area (Å²) in [7, 11) is 1.65. The number of aromatic nitrogens is 2. The molecule has 4 aromatic rings. The molecule has 6 nitrogen and oxygen atoms in total. The van der Waals surface area contributed by atoms with E-state index in [-0.39, 0.29) is 11.7 Å². The van der Waals surface area contributed by atoms with Gasteiger partial charge in [0, 0.05) is 17.6 Å². The molecule has 152 valence electrons. The Morgan fingerprint density at radius 3 is 2.67 bits per heavy atom. The molecule has 1 aromatic heterocycles. The highest BCUT2D eigenvalue weighted by Crippen LogP contribution is 2.27. The minimum Gasteiger partial charge on any atom is -0.497 e. The Kier molecular flexibility index (Phi) is 6.46. The number of anilines is 2. The van der Waals surface area contributed by atoms with Crippen LogP contribution in [0, 0.1) is 0 Å². The van der Waals surface area contributed by atoms with Gasteiger partial charge in [-0.25, -0.2) is 0 Å². The van der Waals surface area contributed by atoms with Gasteiger partial charge < -0.3 is 15.4 Å². The average Bonchev–Trinajstić information content (AvgIpc) is 3.25. The summed E-state index contributed by atoms with van der Waals surface area (Å²) in [5.74, 6) is 1.03. The number of thioether (sulfide) groups is 1. The molecular formula is C22H20N4O2S2. The van der Waals surface area contributed by atoms with Gasteiger partial charge in [-0.1, -0.05) is 71.6 Å². The second-order valence-corrected chi connectivity index (χ2v) is 8.64. The van der Waals surface area contributed by atoms with Crippen molar-refractivity contribution in [1.82, 2.24) is 10.2 Å². The van der Waals surface area contributed by atoms with E-state index in [0.29, 0.717) is 6.54 Å². The van der Waals surface area contributed by atoms with Crippen molar-refractivity contribution >= 4 is 50.6 Å². The van der Waals surface area contributed by atoms with Crippen molar-refractivity contribution in [3.05, 3.63) is 72.3 Å². The molecule has 0 aliphatic carbocycles. The molecule has 0 saturated carbocycles. The minimum absolute atomic E-state index is 0.0701. The van der Waals surface area contributed by atoms with Crippen LogP contribution in [0.4, 0.5) is 10.8 Å². The van der Waals surface area contributed by atoms with Gasteiger partial charge in [0.2, 0.25) is 11.0 Å². The number of fused-ring (bicyclic) bond motifs is 1. The highest BCUT2D eigenvalue weighted by atomic mass is 32.2. The monoisotopic (exact) mass is 436 g/mol. The number of amides is 1. The van der Waals surface area contributed by atoms with Crippen molar-refractivity contribution in [2.24, 2.45) is 0 Å². The Bertz CT molecular complexity index is 1140. The second kappa shape index (κ2) is 9.60. The van der Waals surface area contributed by atoms with E-state index in [2.05, 4.69) is 20.8 Å². The molecule has 0 aliphatic rings. The Hall–Kier alpha value is -3.10. The van der Waals surface area contributed by atoms with E-state index in [1.54, 1.807) is 7.11 Å². The van der Waals surface area contributed by atoms with Crippen molar-refractivity contribution in [1.29, 1.82) is 0 Å². The fourth-order valence-corrected chi connectivity index (χ4v) is 4.46. The van der Waals surface area contributed by atoms with Crippen molar-refractivity contribution in [3.63, 3.8) is 0 Å². The molecule has 0 radical (unpaired) electrons. The summed E-state index contributed by atoms with van der Waals surface area (Å²) >= 11 is 2.81. The first-order valence-corrected chi connectivity index (χ1v) is 11.1. The summed E-state index contributed by atoms with van der Waals surface area (Å²) in [5, 5.41) is 17.4. The van der Waals surface area contributed by atoms with Crippen molar-refractivity contribution in [2.45, 2.75) is 10.9 Å². The summed E-state index contributed by atoms with van der Waals surface area (Å²) in [6.45, 7) is 0.644. The molecule has 0 unspecified atom stereocenters. The van der Waals surface area contributed by atoms with Crippen molar-refractivity contribution < 1.29 is 9.53 Å². The number of carbonyl (C=O) groups is 1. The van der Waals surface area contributed by atoms with Crippen LogP contribution in [0.2, 0.25) is 0 Å². The van der Waals surface area contributed by atoms with Crippen molar-refractivity contribution in [2.75, 3.05) is 23.5 Å². The summed E-state index contributed by atoms with van der Waals surface area (Å²) in [4.78, 5) is 12.4. The number of ether oxygens (including phenoxy) is 1. The zero-order valence-corrected chi connectivity index (χ0v) is 17.9. The van der Waals surface area contributed by atoms with Crippen LogP contribution in [0.1, 0.15) is 5.56 Å². The van der Waals surface area contributed by atoms with E-state index in [9.17, 15) is 4.79 Å². The van der Waals surface area contributed by atoms with Gasteiger partial charge in [0.05, 0.1) is 12.9 Å².